The molecule has 2 heterocycles. The molecular formula is C64H93ClN4O17. The largest absolute Gasteiger partial charge is 0.495 e. The van der Waals surface area contributed by atoms with Gasteiger partial charge in [0.15, 0.2) is 11.9 Å². The van der Waals surface area contributed by atoms with Crippen LogP contribution in [-0.4, -0.2) is 157 Å². The summed E-state index contributed by atoms with van der Waals surface area (Å²) in [5.74, 6) is -4.99. The van der Waals surface area contributed by atoms with Gasteiger partial charge in [-0.1, -0.05) is 82.6 Å². The standard InChI is InChI=1S/C64H93ClN4O17/c1-40(2)35-54-62(77)84-52(14-12-16-56(74)68-49(37-45-20-25-53(80-10)48(65)36-45)61(76)67-39-64(7,8)63(78)85-54)43(6)59-60(86-59)46-21-17-44(18-22-46)19-24-50(71)47(38-51(72)58(41(3)4)69-57(75)15-11-13-42(5)70)23-26-55(73)66-27-28-81-31-32-83-34-33-82-30-29-79-9/h12,16-18,20-22,25,36,40-41,43,47,49,52,54,58-60H,11,13-15,19,23-24,26-35,37-39H2,1-10H3,(H,66,73)(H,67,76)(H,68,74)(H,69,75)/b16-12+/t43-,47+,49?,52-,54-,58-,59+,60+/m0/s1. The molecule has 2 aliphatic rings. The van der Waals surface area contributed by atoms with Crippen LogP contribution >= 0.6 is 11.6 Å². The summed E-state index contributed by atoms with van der Waals surface area (Å²) in [6.45, 7) is 16.7. The second-order valence-electron chi connectivity index (χ2n) is 23.5. The third-order valence-electron chi connectivity index (χ3n) is 14.9. The zero-order valence-electron chi connectivity index (χ0n) is 51.9. The number of ether oxygens (including phenoxy) is 8. The number of rotatable bonds is 36. The summed E-state index contributed by atoms with van der Waals surface area (Å²) < 4.78 is 44.9. The Morgan fingerprint density at radius 2 is 1.45 bits per heavy atom. The van der Waals surface area contributed by atoms with Gasteiger partial charge in [0.2, 0.25) is 23.6 Å². The van der Waals surface area contributed by atoms with Crippen molar-refractivity contribution in [2.45, 2.75) is 163 Å². The van der Waals surface area contributed by atoms with E-state index in [0.29, 0.717) is 68.8 Å². The highest BCUT2D eigenvalue weighted by Gasteiger charge is 2.48. The van der Waals surface area contributed by atoms with Crippen molar-refractivity contribution < 1.29 is 81.0 Å². The first-order valence-corrected chi connectivity index (χ1v) is 30.4. The predicted octanol–water partition coefficient (Wildman–Crippen LogP) is 6.69. The van der Waals surface area contributed by atoms with Crippen molar-refractivity contribution >= 4 is 64.5 Å². The number of Topliss-reactive ketones (excluding diaryl/α,β-unsaturated/α-hetero) is 3. The molecule has 1 saturated heterocycles. The molecule has 1 fully saturated rings. The molecule has 0 aromatic heterocycles. The topological polar surface area (TPSA) is 279 Å². The Kier molecular flexibility index (Phi) is 31.6. The van der Waals surface area contributed by atoms with Crippen molar-refractivity contribution in [2.24, 2.45) is 29.1 Å². The molecule has 4 N–H and O–H groups in total. The lowest BCUT2D eigenvalue weighted by atomic mass is 9.85. The molecule has 22 heteroatoms. The average molecular weight is 1230 g/mol. The normalized spacial score (nSPS) is 20.6. The van der Waals surface area contributed by atoms with Crippen molar-refractivity contribution in [2.75, 3.05) is 73.6 Å². The van der Waals surface area contributed by atoms with Crippen molar-refractivity contribution in [3.05, 3.63) is 76.3 Å². The van der Waals surface area contributed by atoms with E-state index in [1.807, 2.05) is 45.0 Å². The number of carbonyl (C=O) groups excluding carboxylic acids is 9. The Labute approximate surface area is 512 Å². The van der Waals surface area contributed by atoms with E-state index in [1.165, 1.54) is 20.1 Å². The second kappa shape index (κ2) is 37.6. The number of aryl methyl sites for hydroxylation is 1. The molecule has 0 bridgehead atoms. The Morgan fingerprint density at radius 3 is 2.08 bits per heavy atom. The summed E-state index contributed by atoms with van der Waals surface area (Å²) in [7, 11) is 3.09. The fraction of sp³-hybridized carbons (Fsp3) is 0.641. The van der Waals surface area contributed by atoms with Gasteiger partial charge in [-0.05, 0) is 93.2 Å². The minimum Gasteiger partial charge on any atom is -0.495 e. The van der Waals surface area contributed by atoms with E-state index >= 15 is 0 Å². The molecule has 2 aromatic carbocycles. The van der Waals surface area contributed by atoms with Crippen molar-refractivity contribution in [1.29, 1.82) is 0 Å². The molecule has 0 spiro atoms. The number of cyclic esters (lactones) is 2. The van der Waals surface area contributed by atoms with Crippen molar-refractivity contribution in [3.63, 3.8) is 0 Å². The van der Waals surface area contributed by atoms with Crippen molar-refractivity contribution in [3.8, 4) is 5.75 Å². The molecular weight excluding hydrogens is 1130 g/mol. The minimum atomic E-state index is -1.29. The Morgan fingerprint density at radius 1 is 0.791 bits per heavy atom. The van der Waals surface area contributed by atoms with E-state index in [0.717, 1.165) is 11.1 Å². The number of methoxy groups -OCH3 is 2. The van der Waals surface area contributed by atoms with Gasteiger partial charge in [0.25, 0.3) is 0 Å². The lowest BCUT2D eigenvalue weighted by Crippen LogP contribution is -2.51. The maximum atomic E-state index is 14.1. The van der Waals surface area contributed by atoms with Crippen LogP contribution in [0.15, 0.2) is 54.6 Å². The highest BCUT2D eigenvalue weighted by Crippen LogP contribution is 2.45. The molecule has 0 aliphatic carbocycles. The Hall–Kier alpha value is -6.10. The highest BCUT2D eigenvalue weighted by atomic mass is 35.5. The average Bonchev–Trinajstić information content (AvgIpc) is 3.88. The first kappa shape index (κ1) is 72.4. The maximum Gasteiger partial charge on any atom is 0.347 e. The number of amides is 4. The van der Waals surface area contributed by atoms with Gasteiger partial charge in [-0.3, -0.25) is 33.6 Å². The van der Waals surface area contributed by atoms with Crippen LogP contribution in [-0.2, 0) is 89.2 Å². The fourth-order valence-electron chi connectivity index (χ4n) is 9.62. The van der Waals surface area contributed by atoms with Crippen LogP contribution in [0.5, 0.6) is 5.75 Å². The van der Waals surface area contributed by atoms with Crippen LogP contribution < -0.4 is 26.0 Å². The molecule has 8 atom stereocenters. The first-order chi connectivity index (χ1) is 40.9. The van der Waals surface area contributed by atoms with E-state index < -0.39 is 77.5 Å². The maximum absolute atomic E-state index is 14.1. The molecule has 2 aliphatic heterocycles. The first-order valence-electron chi connectivity index (χ1n) is 30.0. The van der Waals surface area contributed by atoms with Gasteiger partial charge in [-0.2, -0.15) is 0 Å². The number of hydrogen-bond acceptors (Lipinski definition) is 17. The highest BCUT2D eigenvalue weighted by molar-refractivity contribution is 6.32. The summed E-state index contributed by atoms with van der Waals surface area (Å²) >= 11 is 6.40. The molecule has 1 unspecified atom stereocenters. The van der Waals surface area contributed by atoms with Gasteiger partial charge < -0.3 is 64.0 Å². The molecule has 86 heavy (non-hydrogen) atoms. The number of benzene rings is 2. The SMILES string of the molecule is COCCOCCOCCOCCNC(=O)CC[C@H](CC(=O)[C@@H](NC(=O)CCCC(C)=O)C(C)C)C(=O)CCc1ccc([C@H]2O[C@@H]2[C@@H](C)[C@@H]2C/C=C/C(=O)NC(Cc3ccc(OC)c(Cl)c3)C(=O)NCC(C)(C)C(=O)O[C@@H](CC(C)C)C(=O)O2)cc1. The van der Waals surface area contributed by atoms with E-state index in [4.69, 9.17) is 49.5 Å². The Bertz CT molecular complexity index is 2570. The molecule has 0 radical (unpaired) electrons. The van der Waals surface area contributed by atoms with Crippen LogP contribution in [0.4, 0.5) is 0 Å². The Balaban J connectivity index is 1.44. The van der Waals surface area contributed by atoms with Crippen LogP contribution in [0.3, 0.4) is 0 Å². The minimum absolute atomic E-state index is 0.0196. The monoisotopic (exact) mass is 1220 g/mol. The van der Waals surface area contributed by atoms with Gasteiger partial charge >= 0.3 is 11.9 Å². The molecule has 4 rings (SSSR count). The summed E-state index contributed by atoms with van der Waals surface area (Å²) in [5.41, 5.74) is 1.03. The number of halogens is 1. The number of ketones is 3. The predicted molar refractivity (Wildman–Crippen MR) is 321 cm³/mol. The number of carbonyl (C=O) groups is 9. The van der Waals surface area contributed by atoms with Gasteiger partial charge in [-0.25, -0.2) is 4.79 Å². The van der Waals surface area contributed by atoms with Crippen LogP contribution in [0.2, 0.25) is 5.02 Å². The van der Waals surface area contributed by atoms with Gasteiger partial charge in [0.1, 0.15) is 35.6 Å². The van der Waals surface area contributed by atoms with E-state index in [2.05, 4.69) is 21.3 Å². The third-order valence-corrected chi connectivity index (χ3v) is 15.2. The number of epoxide rings is 1. The van der Waals surface area contributed by atoms with E-state index in [1.54, 1.807) is 59.1 Å². The van der Waals surface area contributed by atoms with E-state index in [9.17, 15) is 43.2 Å². The summed E-state index contributed by atoms with van der Waals surface area (Å²) in [6, 6.07) is 10.7. The lowest BCUT2D eigenvalue weighted by molar-refractivity contribution is -0.179. The quantitative estimate of drug-likeness (QED) is 0.0314. The summed E-state index contributed by atoms with van der Waals surface area (Å²) in [6.07, 6.45) is 1.22. The molecule has 2 aromatic rings. The number of hydrogen-bond donors (Lipinski definition) is 4. The zero-order chi connectivity index (χ0) is 63.3. The number of esters is 2. The lowest BCUT2D eigenvalue weighted by Gasteiger charge is -2.29. The third kappa shape index (κ3) is 26.1. The van der Waals surface area contributed by atoms with Crippen LogP contribution in [0, 0.1) is 29.1 Å². The fourth-order valence-corrected chi connectivity index (χ4v) is 9.90. The zero-order valence-corrected chi connectivity index (χ0v) is 52.7. The van der Waals surface area contributed by atoms with Crippen LogP contribution in [0.25, 0.3) is 0 Å². The molecule has 478 valence electrons. The van der Waals surface area contributed by atoms with Crippen molar-refractivity contribution in [1.82, 2.24) is 21.3 Å². The van der Waals surface area contributed by atoms with Gasteiger partial charge in [-0.15, -0.1) is 0 Å². The van der Waals surface area contributed by atoms with Crippen LogP contribution in [0.1, 0.15) is 136 Å². The molecule has 21 nitrogen and oxygen atoms in total. The van der Waals surface area contributed by atoms with Gasteiger partial charge in [0, 0.05) is 77.0 Å². The smallest absolute Gasteiger partial charge is 0.347 e. The van der Waals surface area contributed by atoms with E-state index in [-0.39, 0.29) is 118 Å². The molecule has 4 amide bonds. The molecule has 0 saturated carbocycles. The second-order valence-corrected chi connectivity index (χ2v) is 23.9. The summed E-state index contributed by atoms with van der Waals surface area (Å²) in [4.78, 5) is 120. The number of nitrogens with one attached hydrogen (secondary N) is 4. The van der Waals surface area contributed by atoms with Gasteiger partial charge in [0.05, 0.1) is 75.9 Å². The summed E-state index contributed by atoms with van der Waals surface area (Å²) in [5, 5.41) is 11.5.